The number of carbonyl (C=O) groups is 2. The Labute approximate surface area is 165 Å². The molecule has 152 valence electrons. The van der Waals surface area contributed by atoms with E-state index >= 15 is 0 Å². The number of benzene rings is 1. The van der Waals surface area contributed by atoms with Crippen molar-refractivity contribution < 1.29 is 28.6 Å². The van der Waals surface area contributed by atoms with Crippen LogP contribution in [0.25, 0.3) is 11.5 Å². The van der Waals surface area contributed by atoms with Crippen molar-refractivity contribution in [3.63, 3.8) is 0 Å². The van der Waals surface area contributed by atoms with E-state index in [2.05, 4.69) is 15.5 Å². The molecule has 1 fully saturated rings. The summed E-state index contributed by atoms with van der Waals surface area (Å²) < 4.78 is 15.7. The van der Waals surface area contributed by atoms with E-state index in [-0.39, 0.29) is 31.0 Å². The second kappa shape index (κ2) is 8.57. The van der Waals surface area contributed by atoms with Crippen molar-refractivity contribution in [2.24, 2.45) is 0 Å². The Balaban J connectivity index is 1.74. The van der Waals surface area contributed by atoms with Crippen molar-refractivity contribution in [1.29, 1.82) is 5.26 Å². The molecule has 2 aromatic rings. The average molecular weight is 401 g/mol. The molecule has 1 saturated heterocycles. The van der Waals surface area contributed by atoms with Gasteiger partial charge in [0.15, 0.2) is 0 Å². The zero-order chi connectivity index (χ0) is 21.0. The van der Waals surface area contributed by atoms with E-state index in [0.29, 0.717) is 23.3 Å². The topological polar surface area (TPSA) is 151 Å². The van der Waals surface area contributed by atoms with Crippen LogP contribution >= 0.6 is 0 Å². The number of nitrogens with one attached hydrogen (secondary N) is 1. The van der Waals surface area contributed by atoms with Crippen LogP contribution in [0.15, 0.2) is 22.6 Å². The van der Waals surface area contributed by atoms with Gasteiger partial charge in [0.2, 0.25) is 0 Å². The number of carboxylic acid groups (broad SMARTS) is 1. The third-order valence-corrected chi connectivity index (χ3v) is 4.53. The van der Waals surface area contributed by atoms with Crippen molar-refractivity contribution in [2.45, 2.75) is 18.5 Å². The standard InChI is InChI=1S/C18H19N5O6/c1-27-9-12-6-11(8-23(12)18(25)26)20-15(24)17-22-21-16(29-17)13-5-10(7-19)3-4-14(13)28-2/h3-5,11-12H,6,8-9H2,1-2H3,(H,20,24)(H,25,26). The molecular weight excluding hydrogens is 382 g/mol. The SMILES string of the molecule is COCC1CC(NC(=O)c2nnc(-c3cc(C#N)ccc3OC)o2)CN1C(=O)O. The number of hydrogen-bond donors (Lipinski definition) is 2. The highest BCUT2D eigenvalue weighted by Crippen LogP contribution is 2.30. The van der Waals surface area contributed by atoms with E-state index in [1.807, 2.05) is 6.07 Å². The molecule has 1 aliphatic heterocycles. The molecule has 0 saturated carbocycles. The lowest BCUT2D eigenvalue weighted by atomic mass is 10.1. The second-order valence-corrected chi connectivity index (χ2v) is 6.39. The van der Waals surface area contributed by atoms with Crippen LogP contribution in [0.5, 0.6) is 5.75 Å². The third kappa shape index (κ3) is 4.27. The molecule has 1 aliphatic rings. The minimum Gasteiger partial charge on any atom is -0.496 e. The van der Waals surface area contributed by atoms with Gasteiger partial charge < -0.3 is 29.2 Å². The summed E-state index contributed by atoms with van der Waals surface area (Å²) in [6.45, 7) is 0.368. The monoisotopic (exact) mass is 401 g/mol. The van der Waals surface area contributed by atoms with E-state index in [1.165, 1.54) is 25.2 Å². The zero-order valence-electron chi connectivity index (χ0n) is 15.8. The number of hydrogen-bond acceptors (Lipinski definition) is 8. The van der Waals surface area contributed by atoms with Crippen LogP contribution < -0.4 is 10.1 Å². The number of nitrogens with zero attached hydrogens (tertiary/aromatic N) is 4. The van der Waals surface area contributed by atoms with Crippen LogP contribution in [0, 0.1) is 11.3 Å². The average Bonchev–Trinajstić information content (AvgIpc) is 3.35. The number of carbonyl (C=O) groups excluding carboxylic acids is 1. The molecule has 2 heterocycles. The van der Waals surface area contributed by atoms with Gasteiger partial charge in [-0.2, -0.15) is 5.26 Å². The molecule has 0 aliphatic carbocycles. The molecule has 2 N–H and O–H groups in total. The van der Waals surface area contributed by atoms with Gasteiger partial charge in [-0.1, -0.05) is 0 Å². The Morgan fingerprint density at radius 2 is 2.21 bits per heavy atom. The number of rotatable bonds is 6. The summed E-state index contributed by atoms with van der Waals surface area (Å²) >= 11 is 0. The fourth-order valence-corrected chi connectivity index (χ4v) is 3.22. The van der Waals surface area contributed by atoms with Crippen molar-refractivity contribution in [3.8, 4) is 23.3 Å². The minimum absolute atomic E-state index is 0.0277. The van der Waals surface area contributed by atoms with Gasteiger partial charge in [-0.25, -0.2) is 4.79 Å². The van der Waals surface area contributed by atoms with Crippen molar-refractivity contribution in [2.75, 3.05) is 27.4 Å². The smallest absolute Gasteiger partial charge is 0.407 e. The molecular formula is C18H19N5O6. The fourth-order valence-electron chi connectivity index (χ4n) is 3.22. The highest BCUT2D eigenvalue weighted by molar-refractivity contribution is 5.90. The zero-order valence-corrected chi connectivity index (χ0v) is 15.8. The van der Waals surface area contributed by atoms with Gasteiger partial charge in [-0.15, -0.1) is 10.2 Å². The summed E-state index contributed by atoms with van der Waals surface area (Å²) in [4.78, 5) is 25.0. The molecule has 0 spiro atoms. The van der Waals surface area contributed by atoms with Crippen molar-refractivity contribution >= 4 is 12.0 Å². The number of likely N-dealkylation sites (tertiary alicyclic amines) is 1. The van der Waals surface area contributed by atoms with Crippen LogP contribution in [0.3, 0.4) is 0 Å². The predicted molar refractivity (Wildman–Crippen MR) is 97.3 cm³/mol. The highest BCUT2D eigenvalue weighted by atomic mass is 16.5. The normalized spacial score (nSPS) is 18.3. The maximum absolute atomic E-state index is 12.5. The molecule has 1 aromatic carbocycles. The van der Waals surface area contributed by atoms with Crippen molar-refractivity contribution in [3.05, 3.63) is 29.7 Å². The first-order valence-corrected chi connectivity index (χ1v) is 8.68. The molecule has 0 radical (unpaired) electrons. The van der Waals surface area contributed by atoms with E-state index < -0.39 is 18.0 Å². The summed E-state index contributed by atoms with van der Waals surface area (Å²) in [5.41, 5.74) is 0.755. The number of aromatic nitrogens is 2. The Morgan fingerprint density at radius 1 is 1.41 bits per heavy atom. The van der Waals surface area contributed by atoms with E-state index in [4.69, 9.17) is 19.2 Å². The van der Waals surface area contributed by atoms with E-state index in [0.717, 1.165) is 0 Å². The van der Waals surface area contributed by atoms with Crippen molar-refractivity contribution in [1.82, 2.24) is 20.4 Å². The van der Waals surface area contributed by atoms with Crippen LogP contribution in [-0.4, -0.2) is 71.7 Å². The van der Waals surface area contributed by atoms with E-state index in [1.54, 1.807) is 12.1 Å². The lowest BCUT2D eigenvalue weighted by Gasteiger charge is -2.19. The molecule has 11 nitrogen and oxygen atoms in total. The number of ether oxygens (including phenoxy) is 2. The van der Waals surface area contributed by atoms with Gasteiger partial charge in [0, 0.05) is 19.7 Å². The number of nitriles is 1. The molecule has 0 bridgehead atoms. The molecule has 3 rings (SSSR count). The summed E-state index contributed by atoms with van der Waals surface area (Å²) in [6.07, 6.45) is -0.668. The molecule has 2 amide bonds. The Bertz CT molecular complexity index is 952. The summed E-state index contributed by atoms with van der Waals surface area (Å²) in [5.74, 6) is -0.455. The van der Waals surface area contributed by atoms with Gasteiger partial charge in [0.1, 0.15) is 5.75 Å². The molecule has 29 heavy (non-hydrogen) atoms. The van der Waals surface area contributed by atoms with Gasteiger partial charge in [0.25, 0.3) is 5.89 Å². The van der Waals surface area contributed by atoms with Gasteiger partial charge in [-0.3, -0.25) is 4.79 Å². The van der Waals surface area contributed by atoms with Crippen LogP contribution in [0.1, 0.15) is 22.7 Å². The van der Waals surface area contributed by atoms with E-state index in [9.17, 15) is 14.7 Å². The first-order chi connectivity index (χ1) is 14.0. The molecule has 2 atom stereocenters. The maximum atomic E-state index is 12.5. The van der Waals surface area contributed by atoms with Crippen LogP contribution in [0.4, 0.5) is 4.79 Å². The summed E-state index contributed by atoms with van der Waals surface area (Å²) in [7, 11) is 2.95. The first-order valence-electron chi connectivity index (χ1n) is 8.68. The summed E-state index contributed by atoms with van der Waals surface area (Å²) in [6, 6.07) is 5.94. The molecule has 1 aromatic heterocycles. The lowest BCUT2D eigenvalue weighted by Crippen LogP contribution is -2.39. The highest BCUT2D eigenvalue weighted by Gasteiger charge is 2.36. The third-order valence-electron chi connectivity index (χ3n) is 4.53. The fraction of sp³-hybridized carbons (Fsp3) is 0.389. The first kappa shape index (κ1) is 20.1. The molecule has 2 unspecified atom stereocenters. The van der Waals surface area contributed by atoms with Gasteiger partial charge >= 0.3 is 17.9 Å². The Kier molecular flexibility index (Phi) is 5.94. The Hall–Kier alpha value is -3.65. The second-order valence-electron chi connectivity index (χ2n) is 6.39. The van der Waals surface area contributed by atoms with Gasteiger partial charge in [-0.05, 0) is 24.6 Å². The quantitative estimate of drug-likeness (QED) is 0.725. The largest absolute Gasteiger partial charge is 0.496 e. The lowest BCUT2D eigenvalue weighted by molar-refractivity contribution is 0.0900. The predicted octanol–water partition coefficient (Wildman–Crippen LogP) is 1.11. The van der Waals surface area contributed by atoms with Gasteiger partial charge in [0.05, 0.1) is 37.0 Å². The maximum Gasteiger partial charge on any atom is 0.407 e. The minimum atomic E-state index is -1.08. The van der Waals surface area contributed by atoms with Crippen LogP contribution in [-0.2, 0) is 4.74 Å². The number of amides is 2. The number of methoxy groups -OCH3 is 2. The summed E-state index contributed by atoms with van der Waals surface area (Å²) in [5, 5.41) is 28.7. The Morgan fingerprint density at radius 3 is 2.86 bits per heavy atom. The molecule has 11 heteroatoms. The van der Waals surface area contributed by atoms with Crippen LogP contribution in [0.2, 0.25) is 0 Å².